The summed E-state index contributed by atoms with van der Waals surface area (Å²) in [6.07, 6.45) is 5.45. The van der Waals surface area contributed by atoms with Gasteiger partial charge >= 0.3 is 6.09 Å². The van der Waals surface area contributed by atoms with Crippen molar-refractivity contribution in [3.05, 3.63) is 70.6 Å². The van der Waals surface area contributed by atoms with E-state index in [9.17, 15) is 4.79 Å². The van der Waals surface area contributed by atoms with Gasteiger partial charge in [-0.25, -0.2) is 4.79 Å². The van der Waals surface area contributed by atoms with E-state index in [0.717, 1.165) is 31.4 Å². The maximum Gasteiger partial charge on any atom is 0.410 e. The molecule has 1 aliphatic carbocycles. The molecule has 1 aromatic carbocycles. The summed E-state index contributed by atoms with van der Waals surface area (Å²) in [5.74, 6) is 0. The molecule has 0 spiro atoms. The minimum absolute atomic E-state index is 0.212. The van der Waals surface area contributed by atoms with E-state index in [-0.39, 0.29) is 6.09 Å². The van der Waals surface area contributed by atoms with Crippen molar-refractivity contribution >= 4 is 11.7 Å². The van der Waals surface area contributed by atoms with E-state index in [1.807, 2.05) is 37.9 Å². The quantitative estimate of drug-likeness (QED) is 0.649. The van der Waals surface area contributed by atoms with Gasteiger partial charge in [0, 0.05) is 24.9 Å². The van der Waals surface area contributed by atoms with Crippen LogP contribution in [0.15, 0.2) is 48.2 Å². The normalized spacial score (nSPS) is 16.9. The van der Waals surface area contributed by atoms with Gasteiger partial charge in [-0.3, -0.25) is 4.98 Å². The zero-order chi connectivity index (χ0) is 19.7. The fourth-order valence-electron chi connectivity index (χ4n) is 4.14. The Balaban J connectivity index is 1.67. The summed E-state index contributed by atoms with van der Waals surface area (Å²) in [6.45, 7) is 7.12. The molecule has 0 unspecified atom stereocenters. The van der Waals surface area contributed by atoms with Crippen LogP contribution in [0.3, 0.4) is 0 Å². The Bertz CT molecular complexity index is 865. The summed E-state index contributed by atoms with van der Waals surface area (Å²) in [7, 11) is 0. The number of ether oxygens (including phenoxy) is 1. The Kier molecular flexibility index (Phi) is 4.96. The molecule has 4 heteroatoms. The van der Waals surface area contributed by atoms with Crippen molar-refractivity contribution in [3.63, 3.8) is 0 Å². The first-order chi connectivity index (χ1) is 13.4. The lowest BCUT2D eigenvalue weighted by molar-refractivity contribution is 0.0236. The van der Waals surface area contributed by atoms with E-state index < -0.39 is 5.60 Å². The van der Waals surface area contributed by atoms with Gasteiger partial charge in [0.15, 0.2) is 0 Å². The average Bonchev–Trinajstić information content (AvgIpc) is 2.84. The van der Waals surface area contributed by atoms with Gasteiger partial charge in [-0.05, 0) is 69.2 Å². The largest absolute Gasteiger partial charge is 0.444 e. The van der Waals surface area contributed by atoms with Crippen LogP contribution >= 0.6 is 0 Å². The lowest BCUT2D eigenvalue weighted by Crippen LogP contribution is -2.40. The minimum Gasteiger partial charge on any atom is -0.444 e. The van der Waals surface area contributed by atoms with Gasteiger partial charge in [0.25, 0.3) is 0 Å². The highest BCUT2D eigenvalue weighted by atomic mass is 16.6. The molecule has 1 saturated heterocycles. The van der Waals surface area contributed by atoms with Crippen molar-refractivity contribution in [3.8, 4) is 0 Å². The van der Waals surface area contributed by atoms with Crippen molar-refractivity contribution in [1.82, 2.24) is 9.88 Å². The first kappa shape index (κ1) is 18.7. The molecule has 0 radical (unpaired) electrons. The minimum atomic E-state index is -0.459. The summed E-state index contributed by atoms with van der Waals surface area (Å²) >= 11 is 0. The summed E-state index contributed by atoms with van der Waals surface area (Å²) in [5, 5.41) is 0. The molecule has 4 rings (SSSR count). The summed E-state index contributed by atoms with van der Waals surface area (Å²) in [6, 6.07) is 12.9. The highest BCUT2D eigenvalue weighted by Gasteiger charge is 2.28. The third kappa shape index (κ3) is 3.82. The van der Waals surface area contributed by atoms with Crippen LogP contribution in [0, 0.1) is 0 Å². The predicted octanol–water partition coefficient (Wildman–Crippen LogP) is 5.01. The topological polar surface area (TPSA) is 42.4 Å². The van der Waals surface area contributed by atoms with Gasteiger partial charge < -0.3 is 9.64 Å². The molecule has 0 atom stereocenters. The zero-order valence-electron chi connectivity index (χ0n) is 17.0. The number of rotatable bonds is 0. The summed E-state index contributed by atoms with van der Waals surface area (Å²) < 4.78 is 5.55. The molecule has 2 aromatic rings. The van der Waals surface area contributed by atoms with Gasteiger partial charge in [0.1, 0.15) is 5.60 Å². The predicted molar refractivity (Wildman–Crippen MR) is 111 cm³/mol. The Morgan fingerprint density at radius 3 is 2.39 bits per heavy atom. The monoisotopic (exact) mass is 376 g/mol. The second-order valence-corrected chi connectivity index (χ2v) is 8.61. The smallest absolute Gasteiger partial charge is 0.410 e. The summed E-state index contributed by atoms with van der Waals surface area (Å²) in [5.41, 5.74) is 7.35. The number of amides is 1. The maximum absolute atomic E-state index is 12.4. The third-order valence-electron chi connectivity index (χ3n) is 5.45. The number of likely N-dealkylation sites (tertiary alicyclic amines) is 1. The number of piperidine rings is 1. The number of hydrogen-bond acceptors (Lipinski definition) is 3. The number of pyridine rings is 1. The Labute approximate surface area is 167 Å². The van der Waals surface area contributed by atoms with Crippen LogP contribution in [0.25, 0.3) is 5.57 Å². The molecular weight excluding hydrogens is 348 g/mol. The fourth-order valence-corrected chi connectivity index (χ4v) is 4.14. The van der Waals surface area contributed by atoms with E-state index in [2.05, 4.69) is 30.3 Å². The van der Waals surface area contributed by atoms with Crippen molar-refractivity contribution in [2.75, 3.05) is 13.1 Å². The van der Waals surface area contributed by atoms with Gasteiger partial charge in [0.2, 0.25) is 0 Å². The Hall–Kier alpha value is -2.62. The van der Waals surface area contributed by atoms with Gasteiger partial charge in [0.05, 0.1) is 5.69 Å². The summed E-state index contributed by atoms with van der Waals surface area (Å²) in [4.78, 5) is 19.0. The molecule has 0 bridgehead atoms. The maximum atomic E-state index is 12.4. The molecule has 28 heavy (non-hydrogen) atoms. The second kappa shape index (κ2) is 7.42. The van der Waals surface area contributed by atoms with Crippen LogP contribution in [0.4, 0.5) is 4.79 Å². The fraction of sp³-hybridized carbons (Fsp3) is 0.417. The van der Waals surface area contributed by atoms with E-state index in [1.165, 1.54) is 27.8 Å². The SMILES string of the molecule is CC(C)(C)OC(=O)N1CCC(=C2c3ccccc3CCc3cccnc32)CC1. The average molecular weight is 377 g/mol. The van der Waals surface area contributed by atoms with E-state index in [0.29, 0.717) is 13.1 Å². The number of nitrogens with zero attached hydrogens (tertiary/aromatic N) is 2. The number of aromatic nitrogens is 1. The molecule has 2 heterocycles. The zero-order valence-corrected chi connectivity index (χ0v) is 17.0. The van der Waals surface area contributed by atoms with E-state index in [1.54, 1.807) is 0 Å². The number of hydrogen-bond donors (Lipinski definition) is 0. The Morgan fingerprint density at radius 2 is 1.64 bits per heavy atom. The number of benzene rings is 1. The number of aryl methyl sites for hydroxylation is 2. The second-order valence-electron chi connectivity index (χ2n) is 8.61. The first-order valence-electron chi connectivity index (χ1n) is 10.1. The van der Waals surface area contributed by atoms with Gasteiger partial charge in [-0.2, -0.15) is 0 Å². The highest BCUT2D eigenvalue weighted by Crippen LogP contribution is 2.37. The molecule has 2 aliphatic rings. The van der Waals surface area contributed by atoms with Crippen LogP contribution in [0.2, 0.25) is 0 Å². The molecule has 1 fully saturated rings. The van der Waals surface area contributed by atoms with Crippen LogP contribution in [0.1, 0.15) is 56.0 Å². The van der Waals surface area contributed by atoms with Gasteiger partial charge in [-0.1, -0.05) is 35.9 Å². The van der Waals surface area contributed by atoms with Crippen LogP contribution < -0.4 is 0 Å². The van der Waals surface area contributed by atoms with Crippen LogP contribution in [-0.4, -0.2) is 34.7 Å². The molecule has 4 nitrogen and oxygen atoms in total. The molecule has 146 valence electrons. The standard InChI is InChI=1S/C24H28N2O2/c1-24(2,3)28-23(27)26-15-12-18(13-16-26)21-20-9-5-4-7-17(20)10-11-19-8-6-14-25-22(19)21/h4-9,14H,10-13,15-16H2,1-3H3. The lowest BCUT2D eigenvalue weighted by Gasteiger charge is -2.32. The molecule has 1 aliphatic heterocycles. The highest BCUT2D eigenvalue weighted by molar-refractivity contribution is 5.84. The first-order valence-corrected chi connectivity index (χ1v) is 10.1. The van der Waals surface area contributed by atoms with Gasteiger partial charge in [-0.15, -0.1) is 0 Å². The lowest BCUT2D eigenvalue weighted by atomic mass is 9.88. The van der Waals surface area contributed by atoms with Crippen LogP contribution in [-0.2, 0) is 17.6 Å². The van der Waals surface area contributed by atoms with Crippen molar-refractivity contribution < 1.29 is 9.53 Å². The van der Waals surface area contributed by atoms with Crippen molar-refractivity contribution in [2.24, 2.45) is 0 Å². The Morgan fingerprint density at radius 1 is 0.964 bits per heavy atom. The molecule has 0 saturated carbocycles. The molecule has 0 N–H and O–H groups in total. The van der Waals surface area contributed by atoms with Crippen molar-refractivity contribution in [1.29, 1.82) is 0 Å². The van der Waals surface area contributed by atoms with Crippen molar-refractivity contribution in [2.45, 2.75) is 52.1 Å². The van der Waals surface area contributed by atoms with Crippen LogP contribution in [0.5, 0.6) is 0 Å². The number of fused-ring (bicyclic) bond motifs is 2. The van der Waals surface area contributed by atoms with E-state index >= 15 is 0 Å². The number of carbonyl (C=O) groups is 1. The molecular formula is C24H28N2O2. The van der Waals surface area contributed by atoms with E-state index in [4.69, 9.17) is 9.72 Å². The molecule has 1 aromatic heterocycles. The molecule has 1 amide bonds. The third-order valence-corrected chi connectivity index (χ3v) is 5.45. The number of carbonyl (C=O) groups excluding carboxylic acids is 1.